The first-order valence-electron chi connectivity index (χ1n) is 4.15. The van der Waals surface area contributed by atoms with Crippen LogP contribution in [0.2, 0.25) is 0 Å². The summed E-state index contributed by atoms with van der Waals surface area (Å²) >= 11 is 1.70. The summed E-state index contributed by atoms with van der Waals surface area (Å²) in [6.07, 6.45) is 0. The second-order valence-electron chi connectivity index (χ2n) is 2.80. The number of nitrogens with two attached hydrogens (primary N) is 1. The van der Waals surface area contributed by atoms with E-state index in [2.05, 4.69) is 18.2 Å². The molecule has 0 saturated heterocycles. The maximum absolute atomic E-state index is 5.57. The van der Waals surface area contributed by atoms with E-state index in [0.717, 1.165) is 0 Å². The smallest absolute Gasteiger partial charge is 0.0421 e. The normalized spacial score (nSPS) is 10.2. The van der Waals surface area contributed by atoms with Crippen LogP contribution in [-0.2, 0) is 6.54 Å². The first-order chi connectivity index (χ1) is 6.40. The van der Waals surface area contributed by atoms with Crippen LogP contribution in [0.15, 0.2) is 35.7 Å². The van der Waals surface area contributed by atoms with E-state index in [1.807, 2.05) is 23.6 Å². The van der Waals surface area contributed by atoms with Gasteiger partial charge in [0.1, 0.15) is 0 Å². The molecule has 1 aromatic heterocycles. The van der Waals surface area contributed by atoms with Crippen LogP contribution in [0.1, 0.15) is 5.56 Å². The van der Waals surface area contributed by atoms with Gasteiger partial charge in [-0.1, -0.05) is 18.2 Å². The van der Waals surface area contributed by atoms with Crippen LogP contribution in [0, 0.1) is 6.07 Å². The Bertz CT molecular complexity index is 379. The van der Waals surface area contributed by atoms with Crippen LogP contribution in [0.25, 0.3) is 10.4 Å². The second-order valence-corrected chi connectivity index (χ2v) is 3.71. The number of benzene rings is 1. The predicted molar refractivity (Wildman–Crippen MR) is 56.5 cm³/mol. The Balaban J connectivity index is 2.41. The van der Waals surface area contributed by atoms with Gasteiger partial charge in [-0.25, -0.2) is 0 Å². The summed E-state index contributed by atoms with van der Waals surface area (Å²) in [5, 5.41) is 2.03. The first kappa shape index (κ1) is 8.48. The van der Waals surface area contributed by atoms with Gasteiger partial charge in [-0.15, -0.1) is 11.3 Å². The van der Waals surface area contributed by atoms with Gasteiger partial charge in [0.05, 0.1) is 0 Å². The van der Waals surface area contributed by atoms with Crippen molar-refractivity contribution in [2.75, 3.05) is 0 Å². The zero-order valence-corrected chi connectivity index (χ0v) is 7.97. The maximum Gasteiger partial charge on any atom is 0.0421 e. The van der Waals surface area contributed by atoms with E-state index in [0.29, 0.717) is 6.54 Å². The molecule has 0 aliphatic carbocycles. The molecule has 2 N–H and O–H groups in total. The maximum atomic E-state index is 5.57. The predicted octanol–water partition coefficient (Wildman–Crippen LogP) is 2.67. The summed E-state index contributed by atoms with van der Waals surface area (Å²) in [6, 6.07) is 13.4. The Kier molecular flexibility index (Phi) is 2.43. The Morgan fingerprint density at radius 2 is 2.31 bits per heavy atom. The van der Waals surface area contributed by atoms with Crippen molar-refractivity contribution in [2.24, 2.45) is 5.73 Å². The highest BCUT2D eigenvalue weighted by molar-refractivity contribution is 7.13. The van der Waals surface area contributed by atoms with Gasteiger partial charge in [-0.2, -0.15) is 0 Å². The first-order valence-corrected chi connectivity index (χ1v) is 5.02. The lowest BCUT2D eigenvalue weighted by Crippen LogP contribution is -1.95. The van der Waals surface area contributed by atoms with Crippen molar-refractivity contribution < 1.29 is 0 Å². The Labute approximate surface area is 81.8 Å². The highest BCUT2D eigenvalue weighted by Gasteiger charge is 1.98. The molecule has 0 aliphatic heterocycles. The molecule has 0 spiro atoms. The topological polar surface area (TPSA) is 26.0 Å². The highest BCUT2D eigenvalue weighted by atomic mass is 32.1. The summed E-state index contributed by atoms with van der Waals surface area (Å²) in [4.78, 5) is 1.18. The third kappa shape index (κ3) is 1.79. The van der Waals surface area contributed by atoms with Crippen molar-refractivity contribution in [1.82, 2.24) is 0 Å². The average Bonchev–Trinajstić information content (AvgIpc) is 2.71. The Hall–Kier alpha value is -1.12. The van der Waals surface area contributed by atoms with Gasteiger partial charge in [0.15, 0.2) is 0 Å². The fourth-order valence-corrected chi connectivity index (χ4v) is 1.91. The molecule has 0 aliphatic rings. The van der Waals surface area contributed by atoms with E-state index >= 15 is 0 Å². The lowest BCUT2D eigenvalue weighted by molar-refractivity contribution is 1.07. The van der Waals surface area contributed by atoms with Crippen molar-refractivity contribution in [1.29, 1.82) is 0 Å². The summed E-state index contributed by atoms with van der Waals surface area (Å²) < 4.78 is 0. The minimum atomic E-state index is 0.596. The number of rotatable bonds is 2. The van der Waals surface area contributed by atoms with E-state index in [1.165, 1.54) is 16.0 Å². The number of hydrogen-bond donors (Lipinski definition) is 1. The van der Waals surface area contributed by atoms with Gasteiger partial charge in [-0.05, 0) is 28.6 Å². The molecule has 65 valence electrons. The Morgan fingerprint density at radius 3 is 3.00 bits per heavy atom. The van der Waals surface area contributed by atoms with Crippen molar-refractivity contribution in [2.45, 2.75) is 6.54 Å². The molecule has 13 heavy (non-hydrogen) atoms. The summed E-state index contributed by atoms with van der Waals surface area (Å²) in [6.45, 7) is 0.596. The van der Waals surface area contributed by atoms with E-state index < -0.39 is 0 Å². The van der Waals surface area contributed by atoms with Gasteiger partial charge in [-0.3, -0.25) is 0 Å². The minimum absolute atomic E-state index is 0.596. The van der Waals surface area contributed by atoms with Gasteiger partial charge in [0.25, 0.3) is 0 Å². The molecular formula is C11H10NS. The van der Waals surface area contributed by atoms with E-state index in [-0.39, 0.29) is 0 Å². The van der Waals surface area contributed by atoms with Crippen LogP contribution < -0.4 is 5.73 Å². The van der Waals surface area contributed by atoms with Crippen molar-refractivity contribution >= 4 is 11.3 Å². The quantitative estimate of drug-likeness (QED) is 0.770. The molecule has 1 heterocycles. The van der Waals surface area contributed by atoms with Crippen molar-refractivity contribution in [3.63, 3.8) is 0 Å². The van der Waals surface area contributed by atoms with Crippen LogP contribution in [0.4, 0.5) is 0 Å². The minimum Gasteiger partial charge on any atom is -0.326 e. The highest BCUT2D eigenvalue weighted by Crippen LogP contribution is 2.24. The molecule has 0 saturated carbocycles. The standard InChI is InChI=1S/C11H10NS/c12-8-9-3-1-4-10(7-9)11-5-2-6-13-11/h1-4,6-7H,8,12H2. The molecule has 2 rings (SSSR count). The molecule has 0 atom stereocenters. The van der Waals surface area contributed by atoms with Gasteiger partial charge < -0.3 is 5.73 Å². The van der Waals surface area contributed by atoms with Gasteiger partial charge in [0, 0.05) is 17.5 Å². The van der Waals surface area contributed by atoms with Gasteiger partial charge >= 0.3 is 0 Å². The molecule has 1 radical (unpaired) electrons. The molecule has 2 heteroatoms. The summed E-state index contributed by atoms with van der Waals surface area (Å²) in [7, 11) is 0. The molecule has 2 aromatic rings. The number of thiophene rings is 1. The summed E-state index contributed by atoms with van der Waals surface area (Å²) in [5.74, 6) is 0. The molecule has 0 amide bonds. The third-order valence-electron chi connectivity index (χ3n) is 1.89. The Morgan fingerprint density at radius 1 is 1.38 bits per heavy atom. The number of hydrogen-bond acceptors (Lipinski definition) is 2. The van der Waals surface area contributed by atoms with E-state index in [9.17, 15) is 0 Å². The summed E-state index contributed by atoms with van der Waals surface area (Å²) in [5.41, 5.74) is 7.94. The molecule has 1 aromatic carbocycles. The fourth-order valence-electron chi connectivity index (χ4n) is 1.24. The van der Waals surface area contributed by atoms with Crippen molar-refractivity contribution in [3.05, 3.63) is 47.3 Å². The molecule has 1 nitrogen and oxygen atoms in total. The fraction of sp³-hybridized carbons (Fsp3) is 0.0909. The van der Waals surface area contributed by atoms with E-state index in [1.54, 1.807) is 11.3 Å². The van der Waals surface area contributed by atoms with E-state index in [4.69, 9.17) is 5.73 Å². The van der Waals surface area contributed by atoms with Crippen LogP contribution in [-0.4, -0.2) is 0 Å². The molecule has 0 fully saturated rings. The van der Waals surface area contributed by atoms with Crippen LogP contribution in [0.5, 0.6) is 0 Å². The lowest BCUT2D eigenvalue weighted by Gasteiger charge is -1.99. The largest absolute Gasteiger partial charge is 0.326 e. The zero-order valence-electron chi connectivity index (χ0n) is 7.16. The van der Waals surface area contributed by atoms with Gasteiger partial charge in [0.2, 0.25) is 0 Å². The molecule has 0 bridgehead atoms. The second kappa shape index (κ2) is 3.73. The zero-order chi connectivity index (χ0) is 9.10. The average molecular weight is 188 g/mol. The van der Waals surface area contributed by atoms with Crippen molar-refractivity contribution in [3.8, 4) is 10.4 Å². The monoisotopic (exact) mass is 188 g/mol. The van der Waals surface area contributed by atoms with Crippen LogP contribution in [0.3, 0.4) is 0 Å². The molecule has 0 unspecified atom stereocenters. The SMILES string of the molecule is NCc1cccc(-c2[c]ccs2)c1. The molecular weight excluding hydrogens is 178 g/mol. The van der Waals surface area contributed by atoms with Crippen LogP contribution >= 0.6 is 11.3 Å². The third-order valence-corrected chi connectivity index (χ3v) is 2.75. The lowest BCUT2D eigenvalue weighted by atomic mass is 10.1.